The monoisotopic (exact) mass is 265 g/mol. The highest BCUT2D eigenvalue weighted by Crippen LogP contribution is 2.12. The summed E-state index contributed by atoms with van der Waals surface area (Å²) in [6.07, 6.45) is 0.315. The molecule has 0 aliphatic carbocycles. The summed E-state index contributed by atoms with van der Waals surface area (Å²) in [6, 6.07) is 7.30. The van der Waals surface area contributed by atoms with Gasteiger partial charge in [0.1, 0.15) is 5.75 Å². The van der Waals surface area contributed by atoms with Crippen molar-refractivity contribution in [3.05, 3.63) is 29.8 Å². The first-order valence-corrected chi connectivity index (χ1v) is 6.68. The average molecular weight is 265 g/mol. The summed E-state index contributed by atoms with van der Waals surface area (Å²) in [5, 5.41) is 12.0. The van der Waals surface area contributed by atoms with Crippen LogP contribution in [-0.4, -0.2) is 30.3 Å². The Bertz CT molecular complexity index is 387. The van der Waals surface area contributed by atoms with E-state index in [4.69, 9.17) is 4.74 Å². The summed E-state index contributed by atoms with van der Waals surface area (Å²) in [7, 11) is 0. The molecule has 1 aromatic rings. The predicted molar refractivity (Wildman–Crippen MR) is 75.2 cm³/mol. The van der Waals surface area contributed by atoms with Crippen molar-refractivity contribution in [1.82, 2.24) is 5.32 Å². The molecule has 106 valence electrons. The Hall–Kier alpha value is -1.55. The molecule has 1 aromatic carbocycles. The zero-order chi connectivity index (χ0) is 14.3. The molecule has 19 heavy (non-hydrogen) atoms. The van der Waals surface area contributed by atoms with E-state index in [9.17, 15) is 9.90 Å². The van der Waals surface area contributed by atoms with Crippen LogP contribution in [0, 0.1) is 5.92 Å². The van der Waals surface area contributed by atoms with Gasteiger partial charge in [0.2, 0.25) is 5.91 Å². The molecular formula is C15H23NO3. The van der Waals surface area contributed by atoms with Gasteiger partial charge in [-0.2, -0.15) is 0 Å². The fourth-order valence-electron chi connectivity index (χ4n) is 1.74. The van der Waals surface area contributed by atoms with Crippen LogP contribution >= 0.6 is 0 Å². The van der Waals surface area contributed by atoms with Crippen molar-refractivity contribution >= 4 is 5.91 Å². The van der Waals surface area contributed by atoms with Crippen LogP contribution in [0.25, 0.3) is 0 Å². The van der Waals surface area contributed by atoms with Gasteiger partial charge in [0.15, 0.2) is 0 Å². The lowest BCUT2D eigenvalue weighted by atomic mass is 10.0. The molecule has 0 unspecified atom stereocenters. The van der Waals surface area contributed by atoms with Crippen LogP contribution in [0.15, 0.2) is 24.3 Å². The highest BCUT2D eigenvalue weighted by molar-refractivity contribution is 5.78. The van der Waals surface area contributed by atoms with Gasteiger partial charge in [-0.3, -0.25) is 4.79 Å². The lowest BCUT2D eigenvalue weighted by Crippen LogP contribution is -2.41. The quantitative estimate of drug-likeness (QED) is 0.790. The van der Waals surface area contributed by atoms with Crippen LogP contribution in [-0.2, 0) is 11.2 Å². The maximum absolute atomic E-state index is 11.8. The topological polar surface area (TPSA) is 58.6 Å². The number of aliphatic hydroxyl groups is 1. The largest absolute Gasteiger partial charge is 0.494 e. The maximum atomic E-state index is 11.8. The van der Waals surface area contributed by atoms with E-state index in [1.165, 1.54) is 0 Å². The van der Waals surface area contributed by atoms with Crippen molar-refractivity contribution in [2.45, 2.75) is 33.2 Å². The van der Waals surface area contributed by atoms with Crippen LogP contribution in [0.4, 0.5) is 0 Å². The number of aliphatic hydroxyl groups excluding tert-OH is 1. The van der Waals surface area contributed by atoms with Crippen molar-refractivity contribution in [3.63, 3.8) is 0 Å². The Kier molecular flexibility index (Phi) is 6.36. The molecule has 0 saturated heterocycles. The molecule has 4 heteroatoms. The van der Waals surface area contributed by atoms with E-state index in [-0.39, 0.29) is 24.5 Å². The lowest BCUT2D eigenvalue weighted by molar-refractivity contribution is -0.121. The van der Waals surface area contributed by atoms with Crippen molar-refractivity contribution in [2.24, 2.45) is 5.92 Å². The van der Waals surface area contributed by atoms with Crippen LogP contribution in [0.2, 0.25) is 0 Å². The predicted octanol–water partition coefficient (Wildman–Crippen LogP) is 1.76. The second-order valence-electron chi connectivity index (χ2n) is 4.85. The van der Waals surface area contributed by atoms with E-state index in [0.717, 1.165) is 11.3 Å². The molecule has 0 heterocycles. The molecule has 0 bridgehead atoms. The molecule has 0 fully saturated rings. The van der Waals surface area contributed by atoms with Crippen molar-refractivity contribution < 1.29 is 14.6 Å². The van der Waals surface area contributed by atoms with Crippen LogP contribution < -0.4 is 10.1 Å². The summed E-state index contributed by atoms with van der Waals surface area (Å²) in [5.41, 5.74) is 0.932. The lowest BCUT2D eigenvalue weighted by Gasteiger charge is -2.19. The third kappa shape index (κ3) is 5.30. The van der Waals surface area contributed by atoms with E-state index in [1.807, 2.05) is 45.0 Å². The van der Waals surface area contributed by atoms with Crippen LogP contribution in [0.1, 0.15) is 26.3 Å². The number of hydrogen-bond acceptors (Lipinski definition) is 3. The molecule has 4 nitrogen and oxygen atoms in total. The first-order valence-electron chi connectivity index (χ1n) is 6.68. The van der Waals surface area contributed by atoms with E-state index in [1.54, 1.807) is 0 Å². The minimum atomic E-state index is -0.185. The first kappa shape index (κ1) is 15.5. The molecule has 0 radical (unpaired) electrons. The molecule has 0 saturated carbocycles. The summed E-state index contributed by atoms with van der Waals surface area (Å²) in [5.74, 6) is 0.952. The zero-order valence-corrected chi connectivity index (χ0v) is 11.8. The van der Waals surface area contributed by atoms with Gasteiger partial charge in [0.25, 0.3) is 0 Å². The molecule has 0 aliphatic rings. The maximum Gasteiger partial charge on any atom is 0.224 e. The molecule has 2 N–H and O–H groups in total. The Morgan fingerprint density at radius 1 is 1.32 bits per heavy atom. The highest BCUT2D eigenvalue weighted by Gasteiger charge is 2.15. The Morgan fingerprint density at radius 3 is 2.42 bits per heavy atom. The van der Waals surface area contributed by atoms with Gasteiger partial charge < -0.3 is 15.2 Å². The SMILES string of the molecule is CCOc1ccc(CC(=O)N[C@H](CO)C(C)C)cc1. The second-order valence-corrected chi connectivity index (χ2v) is 4.85. The smallest absolute Gasteiger partial charge is 0.224 e. The number of benzene rings is 1. The van der Waals surface area contributed by atoms with Gasteiger partial charge in [0.05, 0.1) is 25.7 Å². The van der Waals surface area contributed by atoms with Gasteiger partial charge in [-0.15, -0.1) is 0 Å². The number of nitrogens with one attached hydrogen (secondary N) is 1. The summed E-state index contributed by atoms with van der Waals surface area (Å²) in [6.45, 7) is 6.47. The van der Waals surface area contributed by atoms with Gasteiger partial charge in [-0.25, -0.2) is 0 Å². The fourth-order valence-corrected chi connectivity index (χ4v) is 1.74. The fraction of sp³-hybridized carbons (Fsp3) is 0.533. The summed E-state index contributed by atoms with van der Waals surface area (Å²) < 4.78 is 5.35. The van der Waals surface area contributed by atoms with E-state index in [0.29, 0.717) is 13.0 Å². The van der Waals surface area contributed by atoms with E-state index in [2.05, 4.69) is 5.32 Å². The number of carbonyl (C=O) groups excluding carboxylic acids is 1. The number of carbonyl (C=O) groups is 1. The average Bonchev–Trinajstić information content (AvgIpc) is 2.38. The van der Waals surface area contributed by atoms with Gasteiger partial charge in [-0.05, 0) is 30.5 Å². The molecule has 0 spiro atoms. The Morgan fingerprint density at radius 2 is 1.95 bits per heavy atom. The summed E-state index contributed by atoms with van der Waals surface area (Å²) in [4.78, 5) is 11.8. The van der Waals surface area contributed by atoms with E-state index >= 15 is 0 Å². The highest BCUT2D eigenvalue weighted by atomic mass is 16.5. The summed E-state index contributed by atoms with van der Waals surface area (Å²) >= 11 is 0. The van der Waals surface area contributed by atoms with Crippen molar-refractivity contribution in [3.8, 4) is 5.75 Å². The molecule has 0 aliphatic heterocycles. The minimum Gasteiger partial charge on any atom is -0.494 e. The molecule has 0 aromatic heterocycles. The zero-order valence-electron chi connectivity index (χ0n) is 11.8. The normalized spacial score (nSPS) is 12.3. The second kappa shape index (κ2) is 7.79. The number of hydrogen-bond donors (Lipinski definition) is 2. The first-order chi connectivity index (χ1) is 9.06. The van der Waals surface area contributed by atoms with Crippen LogP contribution in [0.3, 0.4) is 0 Å². The standard InChI is InChI=1S/C15H23NO3/c1-4-19-13-7-5-12(6-8-13)9-15(18)16-14(10-17)11(2)3/h5-8,11,14,17H,4,9-10H2,1-3H3,(H,16,18)/t14-/m1/s1. The Labute approximate surface area is 114 Å². The minimum absolute atomic E-state index is 0.0350. The molecule has 1 rings (SSSR count). The number of ether oxygens (including phenoxy) is 1. The number of rotatable bonds is 7. The Balaban J connectivity index is 2.52. The van der Waals surface area contributed by atoms with E-state index < -0.39 is 0 Å². The molecule has 1 amide bonds. The third-order valence-electron chi connectivity index (χ3n) is 2.95. The third-order valence-corrected chi connectivity index (χ3v) is 2.95. The van der Waals surface area contributed by atoms with Crippen molar-refractivity contribution in [2.75, 3.05) is 13.2 Å². The van der Waals surface area contributed by atoms with Gasteiger partial charge >= 0.3 is 0 Å². The van der Waals surface area contributed by atoms with Crippen molar-refractivity contribution in [1.29, 1.82) is 0 Å². The van der Waals surface area contributed by atoms with Gasteiger partial charge in [0, 0.05) is 0 Å². The molecular weight excluding hydrogens is 242 g/mol. The van der Waals surface area contributed by atoms with Crippen LogP contribution in [0.5, 0.6) is 5.75 Å². The number of amides is 1. The van der Waals surface area contributed by atoms with Gasteiger partial charge in [-0.1, -0.05) is 26.0 Å². The molecule has 1 atom stereocenters.